The lowest BCUT2D eigenvalue weighted by Gasteiger charge is -2.14. The first-order valence-corrected chi connectivity index (χ1v) is 7.26. The second-order valence-electron chi connectivity index (χ2n) is 5.48. The summed E-state index contributed by atoms with van der Waals surface area (Å²) in [6.45, 7) is 1.91. The van der Waals surface area contributed by atoms with E-state index in [-0.39, 0.29) is 23.1 Å². The maximum Gasteiger partial charge on any atom is 0.261 e. The average molecular weight is 282 g/mol. The summed E-state index contributed by atoms with van der Waals surface area (Å²) >= 11 is 0. The van der Waals surface area contributed by atoms with E-state index in [1.165, 1.54) is 0 Å². The molecule has 1 aliphatic rings. The molecule has 3 rings (SSSR count). The van der Waals surface area contributed by atoms with Gasteiger partial charge in [-0.15, -0.1) is 0 Å². The van der Waals surface area contributed by atoms with Gasteiger partial charge in [-0.1, -0.05) is 30.3 Å². The minimum absolute atomic E-state index is 0.133. The third-order valence-electron chi connectivity index (χ3n) is 3.98. The number of fused-ring (bicyclic) bond motifs is 1. The van der Waals surface area contributed by atoms with Crippen LogP contribution in [-0.4, -0.2) is 10.9 Å². The van der Waals surface area contributed by atoms with Gasteiger partial charge in [0, 0.05) is 5.69 Å². The molecule has 2 N–H and O–H groups in total. The first-order valence-electron chi connectivity index (χ1n) is 7.26. The molecule has 1 aliphatic carbocycles. The average Bonchev–Trinajstić information content (AvgIpc) is 2.94. The molecule has 1 aromatic heterocycles. The lowest BCUT2D eigenvalue weighted by atomic mass is 10.1. The standard InChI is InChI=1S/C17H18N2O2/c1-11(12-6-3-2-4-7-12)18-16(20)14-10-13-8-5-9-15(13)19-17(14)21/h2-4,6-7,10-11H,5,8-9H2,1H3,(H,18,20)(H,19,21). The molecule has 1 heterocycles. The van der Waals surface area contributed by atoms with Gasteiger partial charge in [0.05, 0.1) is 6.04 Å². The Bertz CT molecular complexity index is 719. The number of benzene rings is 1. The van der Waals surface area contributed by atoms with Crippen LogP contribution >= 0.6 is 0 Å². The van der Waals surface area contributed by atoms with E-state index in [0.29, 0.717) is 0 Å². The van der Waals surface area contributed by atoms with Crippen molar-refractivity contribution in [1.82, 2.24) is 10.3 Å². The molecule has 21 heavy (non-hydrogen) atoms. The number of nitrogens with one attached hydrogen (secondary N) is 2. The molecule has 4 nitrogen and oxygen atoms in total. The van der Waals surface area contributed by atoms with Gasteiger partial charge in [-0.3, -0.25) is 9.59 Å². The van der Waals surface area contributed by atoms with Gasteiger partial charge in [-0.2, -0.15) is 0 Å². The number of carbonyl (C=O) groups is 1. The zero-order chi connectivity index (χ0) is 14.8. The van der Waals surface area contributed by atoms with Gasteiger partial charge in [0.2, 0.25) is 0 Å². The summed E-state index contributed by atoms with van der Waals surface area (Å²) in [7, 11) is 0. The SMILES string of the molecule is CC(NC(=O)c1cc2c([nH]c1=O)CCC2)c1ccccc1. The van der Waals surface area contributed by atoms with Crippen LogP contribution in [0.4, 0.5) is 0 Å². The Morgan fingerprint density at radius 1 is 1.24 bits per heavy atom. The molecule has 0 fully saturated rings. The molecule has 1 aromatic carbocycles. The Balaban J connectivity index is 1.82. The van der Waals surface area contributed by atoms with E-state index in [2.05, 4.69) is 10.3 Å². The predicted octanol–water partition coefficient (Wildman–Crippen LogP) is 2.35. The Hall–Kier alpha value is -2.36. The first-order chi connectivity index (χ1) is 10.1. The van der Waals surface area contributed by atoms with E-state index in [1.54, 1.807) is 6.07 Å². The van der Waals surface area contributed by atoms with E-state index < -0.39 is 0 Å². The van der Waals surface area contributed by atoms with E-state index in [1.807, 2.05) is 37.3 Å². The van der Waals surface area contributed by atoms with Crippen LogP contribution < -0.4 is 10.9 Å². The zero-order valence-corrected chi connectivity index (χ0v) is 12.0. The van der Waals surface area contributed by atoms with Crippen molar-refractivity contribution in [2.45, 2.75) is 32.2 Å². The van der Waals surface area contributed by atoms with Crippen molar-refractivity contribution >= 4 is 5.91 Å². The van der Waals surface area contributed by atoms with Crippen LogP contribution in [0, 0.1) is 0 Å². The number of amides is 1. The molecule has 0 radical (unpaired) electrons. The van der Waals surface area contributed by atoms with Crippen molar-refractivity contribution in [1.29, 1.82) is 0 Å². The molecule has 4 heteroatoms. The number of hydrogen-bond acceptors (Lipinski definition) is 2. The highest BCUT2D eigenvalue weighted by Gasteiger charge is 2.19. The normalized spacial score (nSPS) is 14.5. The van der Waals surface area contributed by atoms with E-state index >= 15 is 0 Å². The summed E-state index contributed by atoms with van der Waals surface area (Å²) in [5.74, 6) is -0.317. The number of rotatable bonds is 3. The molecular formula is C17H18N2O2. The van der Waals surface area contributed by atoms with Crippen LogP contribution in [0.15, 0.2) is 41.2 Å². The third-order valence-corrected chi connectivity index (χ3v) is 3.98. The highest BCUT2D eigenvalue weighted by Crippen LogP contribution is 2.19. The van der Waals surface area contributed by atoms with Crippen LogP contribution in [0.3, 0.4) is 0 Å². The minimum atomic E-state index is -0.317. The molecular weight excluding hydrogens is 264 g/mol. The molecule has 1 amide bonds. The van der Waals surface area contributed by atoms with Crippen LogP contribution in [-0.2, 0) is 12.8 Å². The molecule has 108 valence electrons. The largest absolute Gasteiger partial charge is 0.345 e. The second kappa shape index (κ2) is 5.56. The number of carbonyl (C=O) groups excluding carboxylic acids is 1. The van der Waals surface area contributed by atoms with E-state index in [0.717, 1.165) is 36.1 Å². The maximum absolute atomic E-state index is 12.3. The summed E-state index contributed by atoms with van der Waals surface area (Å²) in [5, 5.41) is 2.89. The number of aromatic nitrogens is 1. The Morgan fingerprint density at radius 3 is 2.76 bits per heavy atom. The van der Waals surface area contributed by atoms with Crippen molar-refractivity contribution in [3.05, 3.63) is 69.1 Å². The smallest absolute Gasteiger partial charge is 0.261 e. The van der Waals surface area contributed by atoms with Crippen molar-refractivity contribution in [3.63, 3.8) is 0 Å². The number of H-pyrrole nitrogens is 1. The summed E-state index contributed by atoms with van der Waals surface area (Å²) in [6, 6.07) is 11.3. The summed E-state index contributed by atoms with van der Waals surface area (Å²) in [4.78, 5) is 27.2. The summed E-state index contributed by atoms with van der Waals surface area (Å²) in [5.41, 5.74) is 3.00. The fourth-order valence-corrected chi connectivity index (χ4v) is 2.78. The number of pyridine rings is 1. The maximum atomic E-state index is 12.3. The number of aryl methyl sites for hydroxylation is 2. The van der Waals surface area contributed by atoms with Gasteiger partial charge in [0.25, 0.3) is 11.5 Å². The van der Waals surface area contributed by atoms with Crippen LogP contribution in [0.5, 0.6) is 0 Å². The molecule has 2 aromatic rings. The minimum Gasteiger partial charge on any atom is -0.345 e. The molecule has 0 bridgehead atoms. The van der Waals surface area contributed by atoms with Crippen LogP contribution in [0.1, 0.15) is 46.6 Å². The Labute approximate surface area is 123 Å². The van der Waals surface area contributed by atoms with Gasteiger partial charge in [-0.25, -0.2) is 0 Å². The van der Waals surface area contributed by atoms with Crippen LogP contribution in [0.25, 0.3) is 0 Å². The molecule has 0 saturated heterocycles. The van der Waals surface area contributed by atoms with Crippen molar-refractivity contribution in [3.8, 4) is 0 Å². The quantitative estimate of drug-likeness (QED) is 0.907. The van der Waals surface area contributed by atoms with Gasteiger partial charge in [-0.05, 0) is 43.4 Å². The lowest BCUT2D eigenvalue weighted by Crippen LogP contribution is -2.32. The van der Waals surface area contributed by atoms with E-state index in [9.17, 15) is 9.59 Å². The second-order valence-corrected chi connectivity index (χ2v) is 5.48. The van der Waals surface area contributed by atoms with Gasteiger partial charge < -0.3 is 10.3 Å². The van der Waals surface area contributed by atoms with Gasteiger partial charge in [0.15, 0.2) is 0 Å². The highest BCUT2D eigenvalue weighted by atomic mass is 16.2. The van der Waals surface area contributed by atoms with Crippen LogP contribution in [0.2, 0.25) is 0 Å². The first kappa shape index (κ1) is 13.6. The number of aromatic amines is 1. The Kier molecular flexibility index (Phi) is 3.60. The molecule has 1 atom stereocenters. The summed E-state index contributed by atoms with van der Waals surface area (Å²) in [6.07, 6.45) is 2.87. The van der Waals surface area contributed by atoms with Crippen molar-refractivity contribution in [2.75, 3.05) is 0 Å². The van der Waals surface area contributed by atoms with Gasteiger partial charge in [0.1, 0.15) is 5.56 Å². The third kappa shape index (κ3) is 2.75. The summed E-state index contributed by atoms with van der Waals surface area (Å²) < 4.78 is 0. The Morgan fingerprint density at radius 2 is 2.00 bits per heavy atom. The molecule has 0 aliphatic heterocycles. The molecule has 0 spiro atoms. The predicted molar refractivity (Wildman–Crippen MR) is 81.4 cm³/mol. The number of hydrogen-bond donors (Lipinski definition) is 2. The monoisotopic (exact) mass is 282 g/mol. The molecule has 0 saturated carbocycles. The fourth-order valence-electron chi connectivity index (χ4n) is 2.78. The molecule has 1 unspecified atom stereocenters. The van der Waals surface area contributed by atoms with Crippen molar-refractivity contribution < 1.29 is 4.79 Å². The highest BCUT2D eigenvalue weighted by molar-refractivity contribution is 5.94. The van der Waals surface area contributed by atoms with E-state index in [4.69, 9.17) is 0 Å². The topological polar surface area (TPSA) is 62.0 Å². The van der Waals surface area contributed by atoms with Gasteiger partial charge >= 0.3 is 0 Å². The lowest BCUT2D eigenvalue weighted by molar-refractivity contribution is 0.0938. The van der Waals surface area contributed by atoms with Crippen molar-refractivity contribution in [2.24, 2.45) is 0 Å². The zero-order valence-electron chi connectivity index (χ0n) is 12.0. The fraction of sp³-hybridized carbons (Fsp3) is 0.294.